The third kappa shape index (κ3) is 10.2. The minimum Gasteiger partial charge on any atom is -0.508 e. The molecule has 0 fully saturated rings. The minimum atomic E-state index is -0.778. The number of halogens is 2. The van der Waals surface area contributed by atoms with Crippen LogP contribution in [0.4, 0.5) is 0 Å². The molecule has 1 aromatic heterocycles. The van der Waals surface area contributed by atoms with Crippen molar-refractivity contribution < 1.29 is 19.8 Å². The van der Waals surface area contributed by atoms with E-state index in [0.29, 0.717) is 36.3 Å². The molecule has 3 aromatic rings. The lowest BCUT2D eigenvalue weighted by Crippen LogP contribution is -2.43. The Balaban J connectivity index is 0.00000484. The fourth-order valence-corrected chi connectivity index (χ4v) is 5.12. The van der Waals surface area contributed by atoms with Crippen molar-refractivity contribution >= 4 is 36.6 Å². The Kier molecular flexibility index (Phi) is 14.8. The van der Waals surface area contributed by atoms with Gasteiger partial charge in [-0.1, -0.05) is 0 Å². The van der Waals surface area contributed by atoms with E-state index in [9.17, 15) is 24.6 Å². The summed E-state index contributed by atoms with van der Waals surface area (Å²) in [6.07, 6.45) is 1.26. The molecule has 44 heavy (non-hydrogen) atoms. The Bertz CT molecular complexity index is 1480. The van der Waals surface area contributed by atoms with Crippen LogP contribution < -0.4 is 27.7 Å². The maximum atomic E-state index is 12.6. The largest absolute Gasteiger partial charge is 0.508 e. The average Bonchev–Trinajstić information content (AvgIpc) is 2.90. The molecular weight excluding hydrogens is 607 g/mol. The van der Waals surface area contributed by atoms with Crippen LogP contribution in [0.2, 0.25) is 0 Å². The summed E-state index contributed by atoms with van der Waals surface area (Å²) in [5.74, 6) is -0.295. The van der Waals surface area contributed by atoms with E-state index in [1.165, 1.54) is 0 Å². The van der Waals surface area contributed by atoms with Crippen LogP contribution in [0.3, 0.4) is 0 Å². The van der Waals surface area contributed by atoms with Gasteiger partial charge in [-0.2, -0.15) is 0 Å². The van der Waals surface area contributed by atoms with E-state index < -0.39 is 12.1 Å². The number of rotatable bonds is 12. The van der Waals surface area contributed by atoms with E-state index in [4.69, 9.17) is 11.5 Å². The molecule has 11 nitrogen and oxygen atoms in total. The lowest BCUT2D eigenvalue weighted by molar-refractivity contribution is -0.123. The van der Waals surface area contributed by atoms with Crippen LogP contribution in [0.25, 0.3) is 0 Å². The number of nitrogens with one attached hydrogen (secondary N) is 3. The number of aromatic hydroxyl groups is 2. The van der Waals surface area contributed by atoms with Crippen LogP contribution in [0.1, 0.15) is 50.5 Å². The van der Waals surface area contributed by atoms with Gasteiger partial charge in [0.15, 0.2) is 0 Å². The molecule has 0 aliphatic heterocycles. The van der Waals surface area contributed by atoms with Gasteiger partial charge in [0.1, 0.15) is 17.2 Å². The summed E-state index contributed by atoms with van der Waals surface area (Å²) in [5, 5.41) is 25.0. The van der Waals surface area contributed by atoms with Gasteiger partial charge < -0.3 is 37.3 Å². The zero-order valence-corrected chi connectivity index (χ0v) is 27.4. The van der Waals surface area contributed by atoms with E-state index >= 15 is 0 Å². The van der Waals surface area contributed by atoms with Crippen molar-refractivity contribution in [2.75, 3.05) is 13.1 Å². The molecule has 0 radical (unpaired) electrons. The summed E-state index contributed by atoms with van der Waals surface area (Å²) in [4.78, 5) is 45.0. The quantitative estimate of drug-likeness (QED) is 0.154. The van der Waals surface area contributed by atoms with Crippen molar-refractivity contribution in [2.45, 2.75) is 72.4 Å². The number of carbonyl (C=O) groups is 2. The van der Waals surface area contributed by atoms with Crippen LogP contribution in [-0.2, 0) is 35.3 Å². The number of carbonyl (C=O) groups excluding carboxylic acids is 2. The van der Waals surface area contributed by atoms with Crippen molar-refractivity contribution in [2.24, 2.45) is 11.5 Å². The molecule has 13 heteroatoms. The molecule has 2 unspecified atom stereocenters. The molecule has 1 heterocycles. The van der Waals surface area contributed by atoms with Crippen LogP contribution >= 0.6 is 24.8 Å². The van der Waals surface area contributed by atoms with Crippen molar-refractivity contribution in [3.63, 3.8) is 0 Å². The molecule has 9 N–H and O–H groups in total. The summed E-state index contributed by atoms with van der Waals surface area (Å²) >= 11 is 0. The zero-order chi connectivity index (χ0) is 31.1. The second kappa shape index (κ2) is 17.0. The number of hydrogen-bond donors (Lipinski definition) is 7. The summed E-state index contributed by atoms with van der Waals surface area (Å²) in [7, 11) is 0. The highest BCUT2D eigenvalue weighted by Gasteiger charge is 2.19. The Morgan fingerprint density at radius 1 is 0.773 bits per heavy atom. The fourth-order valence-electron chi connectivity index (χ4n) is 5.12. The van der Waals surface area contributed by atoms with Gasteiger partial charge in [-0.25, -0.2) is 0 Å². The Morgan fingerprint density at radius 3 is 1.57 bits per heavy atom. The highest BCUT2D eigenvalue weighted by Crippen LogP contribution is 2.23. The molecule has 0 saturated heterocycles. The number of aromatic nitrogens is 2. The summed E-state index contributed by atoms with van der Waals surface area (Å²) in [6.45, 7) is 9.70. The predicted molar refractivity (Wildman–Crippen MR) is 176 cm³/mol. The second-order valence-corrected chi connectivity index (χ2v) is 10.9. The predicted octanol–water partition coefficient (Wildman–Crippen LogP) is 2.02. The van der Waals surface area contributed by atoms with Crippen molar-refractivity contribution in [1.29, 1.82) is 0 Å². The number of nitrogens with two attached hydrogens (primary N) is 2. The molecule has 2 atom stereocenters. The van der Waals surface area contributed by atoms with E-state index in [-0.39, 0.29) is 73.2 Å². The number of nitrogens with zero attached hydrogens (tertiary/aromatic N) is 1. The van der Waals surface area contributed by atoms with Gasteiger partial charge in [0, 0.05) is 31.6 Å². The summed E-state index contributed by atoms with van der Waals surface area (Å²) in [5.41, 5.74) is 18.7. The molecule has 3 rings (SSSR count). The normalized spacial score (nSPS) is 12.0. The summed E-state index contributed by atoms with van der Waals surface area (Å²) < 4.78 is 0. The molecule has 2 aromatic carbocycles. The SMILES string of the molecule is Cc1cc(O)cc(C)c1CC(N)C(=O)NCCc1[nH]c(=O)c(CCNC(=O)C(N)Cc2c(C)cc(O)cc2C)nc1C.Cl.Cl. The Labute approximate surface area is 270 Å². The molecule has 0 saturated carbocycles. The van der Waals surface area contributed by atoms with Gasteiger partial charge in [-0.3, -0.25) is 19.4 Å². The standard InChI is InChI=1S/C31H42N6O5.2ClH/c1-16-10-21(38)11-17(2)23(16)14-25(32)29(40)34-8-6-27-20(5)36-28(31(42)37-27)7-9-35-30(41)26(33)15-24-18(3)12-22(39)13-19(24)4;;/h10-13,25-26,38-39H,6-9,14-15,32-33H2,1-5H3,(H,34,40)(H,35,41)(H,37,42);2*1H. The van der Waals surface area contributed by atoms with Gasteiger partial charge in [0.25, 0.3) is 5.56 Å². The number of phenols is 2. The number of hydrogen-bond acceptors (Lipinski definition) is 8. The second-order valence-electron chi connectivity index (χ2n) is 10.9. The number of H-pyrrole nitrogens is 1. The molecule has 0 spiro atoms. The van der Waals surface area contributed by atoms with Gasteiger partial charge in [-0.05, 0) is 105 Å². The first-order chi connectivity index (χ1) is 19.8. The maximum absolute atomic E-state index is 12.6. The van der Waals surface area contributed by atoms with Gasteiger partial charge in [0.2, 0.25) is 11.8 Å². The minimum absolute atomic E-state index is 0. The van der Waals surface area contributed by atoms with Crippen LogP contribution in [-0.4, -0.2) is 57.2 Å². The lowest BCUT2D eigenvalue weighted by Gasteiger charge is -2.16. The van der Waals surface area contributed by atoms with E-state index in [0.717, 1.165) is 33.4 Å². The Morgan fingerprint density at radius 2 is 1.16 bits per heavy atom. The first-order valence-corrected chi connectivity index (χ1v) is 14.0. The van der Waals surface area contributed by atoms with Crippen molar-refractivity contribution in [1.82, 2.24) is 20.6 Å². The van der Waals surface area contributed by atoms with Crippen LogP contribution in [0.15, 0.2) is 29.1 Å². The third-order valence-electron chi connectivity index (χ3n) is 7.48. The highest BCUT2D eigenvalue weighted by atomic mass is 35.5. The number of amides is 2. The maximum Gasteiger partial charge on any atom is 0.269 e. The van der Waals surface area contributed by atoms with Crippen LogP contribution in [0, 0.1) is 34.6 Å². The zero-order valence-electron chi connectivity index (χ0n) is 25.7. The van der Waals surface area contributed by atoms with Crippen molar-refractivity contribution in [3.05, 3.63) is 85.1 Å². The average molecular weight is 652 g/mol. The Hall–Kier alpha value is -3.64. The van der Waals surface area contributed by atoms with Gasteiger partial charge in [-0.15, -0.1) is 24.8 Å². The fraction of sp³-hybridized carbons (Fsp3) is 0.419. The van der Waals surface area contributed by atoms with Gasteiger partial charge in [0.05, 0.1) is 17.8 Å². The number of aryl methyl sites for hydroxylation is 5. The third-order valence-corrected chi connectivity index (χ3v) is 7.48. The van der Waals surface area contributed by atoms with E-state index in [1.807, 2.05) is 27.7 Å². The molecular formula is C31H44Cl2N6O5. The number of aromatic amines is 1. The lowest BCUT2D eigenvalue weighted by atomic mass is 9.96. The summed E-state index contributed by atoms with van der Waals surface area (Å²) in [6, 6.07) is 5.03. The van der Waals surface area contributed by atoms with E-state index in [1.54, 1.807) is 31.2 Å². The van der Waals surface area contributed by atoms with Gasteiger partial charge >= 0.3 is 0 Å². The highest BCUT2D eigenvalue weighted by molar-refractivity contribution is 5.85. The molecule has 0 aliphatic rings. The number of phenolic OH excluding ortho intramolecular Hbond substituents is 2. The molecule has 2 amide bonds. The topological polar surface area (TPSA) is 196 Å². The first-order valence-electron chi connectivity index (χ1n) is 14.0. The molecule has 242 valence electrons. The van der Waals surface area contributed by atoms with E-state index in [2.05, 4.69) is 20.6 Å². The molecule has 0 bridgehead atoms. The van der Waals surface area contributed by atoms with Crippen LogP contribution in [0.5, 0.6) is 11.5 Å². The number of benzene rings is 2. The van der Waals surface area contributed by atoms with Crippen molar-refractivity contribution in [3.8, 4) is 11.5 Å². The smallest absolute Gasteiger partial charge is 0.269 e. The first kappa shape index (κ1) is 38.4. The molecule has 0 aliphatic carbocycles. The monoisotopic (exact) mass is 650 g/mol.